The van der Waals surface area contributed by atoms with E-state index in [1.54, 1.807) is 0 Å². The maximum Gasteiger partial charge on any atom is 0.0799 e. The Hall–Kier alpha value is -1.60. The normalized spacial score (nSPS) is 27.8. The molecule has 0 bridgehead atoms. The molecule has 2 aliphatic rings. The third kappa shape index (κ3) is 1.15. The number of aliphatic hydroxyl groups is 1. The van der Waals surface area contributed by atoms with Crippen LogP contribution < -0.4 is 0 Å². The van der Waals surface area contributed by atoms with Crippen molar-refractivity contribution in [3.63, 3.8) is 0 Å². The van der Waals surface area contributed by atoms with Crippen molar-refractivity contribution in [2.24, 2.45) is 0 Å². The van der Waals surface area contributed by atoms with E-state index >= 15 is 0 Å². The molecule has 0 radical (unpaired) electrons. The molecule has 90 valence electrons. The summed E-state index contributed by atoms with van der Waals surface area (Å²) >= 11 is 0. The molecular weight excluding hydrogens is 220 g/mol. The number of fused-ring (bicyclic) bond motifs is 2. The summed E-state index contributed by atoms with van der Waals surface area (Å²) in [7, 11) is 0. The van der Waals surface area contributed by atoms with Crippen LogP contribution in [0.1, 0.15) is 48.0 Å². The van der Waals surface area contributed by atoms with E-state index in [-0.39, 0.29) is 6.10 Å². The van der Waals surface area contributed by atoms with Crippen LogP contribution in [-0.4, -0.2) is 5.11 Å². The lowest BCUT2D eigenvalue weighted by Crippen LogP contribution is -2.12. The Kier molecular flexibility index (Phi) is 1.98. The topological polar surface area (TPSA) is 20.2 Å². The number of benzene rings is 2. The predicted octanol–water partition coefficient (Wildman–Crippen LogP) is 3.99. The van der Waals surface area contributed by atoms with Crippen LogP contribution in [0.4, 0.5) is 0 Å². The molecule has 2 aromatic carbocycles. The van der Waals surface area contributed by atoms with Crippen molar-refractivity contribution in [1.29, 1.82) is 0 Å². The smallest absolute Gasteiger partial charge is 0.0799 e. The summed E-state index contributed by atoms with van der Waals surface area (Å²) in [5.74, 6) is 0.994. The number of rotatable bonds is 0. The molecule has 1 N–H and O–H groups in total. The van der Waals surface area contributed by atoms with Crippen LogP contribution in [0.15, 0.2) is 42.5 Å². The van der Waals surface area contributed by atoms with Gasteiger partial charge in [-0.1, -0.05) is 49.4 Å². The first-order valence-corrected chi connectivity index (χ1v) is 6.67. The van der Waals surface area contributed by atoms with Crippen LogP contribution in [0.2, 0.25) is 0 Å². The second-order valence-corrected chi connectivity index (χ2v) is 5.54. The highest BCUT2D eigenvalue weighted by molar-refractivity contribution is 5.77. The molecule has 0 fully saturated rings. The largest absolute Gasteiger partial charge is 0.388 e. The average Bonchev–Trinajstić information content (AvgIpc) is 2.75. The highest BCUT2D eigenvalue weighted by Gasteiger charge is 2.39. The van der Waals surface area contributed by atoms with Crippen LogP contribution >= 0.6 is 0 Å². The minimum atomic E-state index is -0.276. The van der Waals surface area contributed by atoms with Crippen LogP contribution in [0.5, 0.6) is 0 Å². The molecule has 0 saturated carbocycles. The zero-order chi connectivity index (χ0) is 12.3. The predicted molar refractivity (Wildman–Crippen MR) is 72.6 cm³/mol. The van der Waals surface area contributed by atoms with Crippen LogP contribution in [0.25, 0.3) is 11.1 Å². The van der Waals surface area contributed by atoms with E-state index in [9.17, 15) is 5.11 Å². The van der Waals surface area contributed by atoms with E-state index in [1.807, 2.05) is 0 Å². The third-order valence-corrected chi connectivity index (χ3v) is 4.69. The molecule has 0 saturated heterocycles. The molecular formula is C17H16O. The van der Waals surface area contributed by atoms with Gasteiger partial charge in [0.1, 0.15) is 0 Å². The molecule has 2 aromatic rings. The van der Waals surface area contributed by atoms with E-state index in [2.05, 4.69) is 49.4 Å². The van der Waals surface area contributed by atoms with Gasteiger partial charge in [0.05, 0.1) is 6.10 Å². The van der Waals surface area contributed by atoms with E-state index in [0.29, 0.717) is 11.8 Å². The summed E-state index contributed by atoms with van der Waals surface area (Å²) in [5, 5.41) is 10.2. The SMILES string of the molecule is CC1c2ccccc2-c2cccc3c2C1CC3O. The van der Waals surface area contributed by atoms with Crippen molar-refractivity contribution in [3.05, 3.63) is 59.2 Å². The Morgan fingerprint density at radius 1 is 0.944 bits per heavy atom. The van der Waals surface area contributed by atoms with Crippen molar-refractivity contribution < 1.29 is 5.11 Å². The Bertz CT molecular complexity index is 629. The molecule has 2 aliphatic carbocycles. The maximum absolute atomic E-state index is 10.2. The van der Waals surface area contributed by atoms with Gasteiger partial charge in [0.25, 0.3) is 0 Å². The Balaban J connectivity index is 2.07. The molecule has 0 aromatic heterocycles. The van der Waals surface area contributed by atoms with E-state index in [4.69, 9.17) is 0 Å². The molecule has 1 nitrogen and oxygen atoms in total. The van der Waals surface area contributed by atoms with Gasteiger partial charge < -0.3 is 5.11 Å². The lowest BCUT2D eigenvalue weighted by atomic mass is 9.73. The van der Waals surface area contributed by atoms with Gasteiger partial charge in [-0.05, 0) is 46.1 Å². The van der Waals surface area contributed by atoms with Gasteiger partial charge in [0.15, 0.2) is 0 Å². The van der Waals surface area contributed by atoms with Gasteiger partial charge in [-0.2, -0.15) is 0 Å². The number of aliphatic hydroxyl groups excluding tert-OH is 1. The van der Waals surface area contributed by atoms with E-state index < -0.39 is 0 Å². The minimum Gasteiger partial charge on any atom is -0.388 e. The molecule has 0 amide bonds. The lowest BCUT2D eigenvalue weighted by Gasteiger charge is -2.30. The monoisotopic (exact) mass is 236 g/mol. The van der Waals surface area contributed by atoms with Gasteiger partial charge in [-0.15, -0.1) is 0 Å². The Morgan fingerprint density at radius 3 is 2.56 bits per heavy atom. The summed E-state index contributed by atoms with van der Waals surface area (Å²) in [6, 6.07) is 15.0. The van der Waals surface area contributed by atoms with Crippen LogP contribution in [0, 0.1) is 0 Å². The molecule has 3 unspecified atom stereocenters. The first-order valence-electron chi connectivity index (χ1n) is 6.67. The number of hydrogen-bond acceptors (Lipinski definition) is 1. The number of hydrogen-bond donors (Lipinski definition) is 1. The molecule has 3 atom stereocenters. The van der Waals surface area contributed by atoms with Crippen molar-refractivity contribution in [1.82, 2.24) is 0 Å². The van der Waals surface area contributed by atoms with Gasteiger partial charge in [0, 0.05) is 0 Å². The molecule has 0 heterocycles. The van der Waals surface area contributed by atoms with E-state index in [0.717, 1.165) is 12.0 Å². The van der Waals surface area contributed by atoms with E-state index in [1.165, 1.54) is 22.3 Å². The second kappa shape index (κ2) is 3.46. The van der Waals surface area contributed by atoms with Gasteiger partial charge in [-0.25, -0.2) is 0 Å². The first kappa shape index (κ1) is 10.3. The Morgan fingerprint density at radius 2 is 1.67 bits per heavy atom. The maximum atomic E-state index is 10.2. The average molecular weight is 236 g/mol. The Labute approximate surface area is 107 Å². The molecule has 18 heavy (non-hydrogen) atoms. The summed E-state index contributed by atoms with van der Waals surface area (Å²) < 4.78 is 0. The van der Waals surface area contributed by atoms with Gasteiger partial charge >= 0.3 is 0 Å². The highest BCUT2D eigenvalue weighted by atomic mass is 16.3. The summed E-state index contributed by atoms with van der Waals surface area (Å²) in [6.07, 6.45) is 0.601. The second-order valence-electron chi connectivity index (χ2n) is 5.54. The zero-order valence-corrected chi connectivity index (χ0v) is 10.4. The molecule has 0 spiro atoms. The van der Waals surface area contributed by atoms with Crippen molar-refractivity contribution in [3.8, 4) is 11.1 Å². The van der Waals surface area contributed by atoms with Crippen molar-refractivity contribution in [2.45, 2.75) is 31.3 Å². The van der Waals surface area contributed by atoms with Gasteiger partial charge in [0.2, 0.25) is 0 Å². The fourth-order valence-electron chi connectivity index (χ4n) is 3.82. The summed E-state index contributed by atoms with van der Waals surface area (Å²) in [4.78, 5) is 0. The van der Waals surface area contributed by atoms with Crippen LogP contribution in [0.3, 0.4) is 0 Å². The molecule has 0 aliphatic heterocycles. The van der Waals surface area contributed by atoms with Gasteiger partial charge in [-0.3, -0.25) is 0 Å². The third-order valence-electron chi connectivity index (χ3n) is 4.69. The molecule has 4 rings (SSSR count). The first-order chi connectivity index (χ1) is 8.77. The summed E-state index contributed by atoms with van der Waals surface area (Å²) in [5.41, 5.74) is 6.67. The lowest BCUT2D eigenvalue weighted by molar-refractivity contribution is 0.170. The fourth-order valence-corrected chi connectivity index (χ4v) is 3.82. The van der Waals surface area contributed by atoms with Crippen molar-refractivity contribution >= 4 is 0 Å². The van der Waals surface area contributed by atoms with Crippen LogP contribution in [-0.2, 0) is 0 Å². The standard InChI is InChI=1S/C17H16O/c1-10-11-5-2-3-6-12(11)13-7-4-8-14-16(18)9-15(10)17(13)14/h2-8,10,15-16,18H,9H2,1H3. The minimum absolute atomic E-state index is 0.276. The fraction of sp³-hybridized carbons (Fsp3) is 0.294. The van der Waals surface area contributed by atoms with Crippen molar-refractivity contribution in [2.75, 3.05) is 0 Å². The summed E-state index contributed by atoms with van der Waals surface area (Å²) in [6.45, 7) is 2.29. The quantitative estimate of drug-likeness (QED) is 0.733. The highest BCUT2D eigenvalue weighted by Crippen LogP contribution is 2.55. The molecule has 1 heteroatoms. The zero-order valence-electron chi connectivity index (χ0n) is 10.4.